The lowest BCUT2D eigenvalue weighted by Crippen LogP contribution is -2.13. The average molecular weight is 384 g/mol. The van der Waals surface area contributed by atoms with Crippen molar-refractivity contribution in [3.8, 4) is 0 Å². The molecule has 1 atom stereocenters. The molecule has 4 nitrogen and oxygen atoms in total. The number of carboxylic acids is 1. The molecule has 2 heterocycles. The second-order valence-electron chi connectivity index (χ2n) is 7.64. The van der Waals surface area contributed by atoms with Gasteiger partial charge in [-0.05, 0) is 67.3 Å². The second kappa shape index (κ2) is 10.2. The predicted molar refractivity (Wildman–Crippen MR) is 109 cm³/mol. The molecule has 2 N–H and O–H groups in total. The van der Waals surface area contributed by atoms with Gasteiger partial charge in [0.2, 0.25) is 0 Å². The second-order valence-corrected chi connectivity index (χ2v) is 7.64. The molecule has 0 saturated heterocycles. The van der Waals surface area contributed by atoms with Gasteiger partial charge in [0, 0.05) is 12.2 Å². The monoisotopic (exact) mass is 384 g/mol. The number of nitrogens with zero attached hydrogens (tertiary/aromatic N) is 1. The highest BCUT2D eigenvalue weighted by Crippen LogP contribution is 2.27. The topological polar surface area (TPSA) is 62.2 Å². The summed E-state index contributed by atoms with van der Waals surface area (Å²) in [5.74, 6) is -0.210. The van der Waals surface area contributed by atoms with E-state index in [-0.39, 0.29) is 18.2 Å². The highest BCUT2D eigenvalue weighted by molar-refractivity contribution is 5.68. The molecule has 1 aromatic carbocycles. The van der Waals surface area contributed by atoms with E-state index in [0.717, 1.165) is 68.6 Å². The summed E-state index contributed by atoms with van der Waals surface area (Å²) in [6.07, 6.45) is 8.25. The zero-order valence-electron chi connectivity index (χ0n) is 16.3. The van der Waals surface area contributed by atoms with Gasteiger partial charge in [-0.2, -0.15) is 0 Å². The van der Waals surface area contributed by atoms with Crippen molar-refractivity contribution in [2.24, 2.45) is 0 Å². The third-order valence-corrected chi connectivity index (χ3v) is 5.43. The quantitative estimate of drug-likeness (QED) is 0.544. The van der Waals surface area contributed by atoms with E-state index in [1.165, 1.54) is 24.1 Å². The molecule has 1 aliphatic heterocycles. The number of carbonyl (C=O) groups is 1. The number of anilines is 1. The lowest BCUT2D eigenvalue weighted by molar-refractivity contribution is -0.137. The maximum absolute atomic E-state index is 13.5. The van der Waals surface area contributed by atoms with Crippen molar-refractivity contribution in [2.75, 3.05) is 11.9 Å². The van der Waals surface area contributed by atoms with E-state index >= 15 is 0 Å². The number of hydrogen-bond acceptors (Lipinski definition) is 3. The molecule has 0 amide bonds. The number of nitrogens with one attached hydrogen (secondary N) is 1. The molecule has 0 aliphatic carbocycles. The van der Waals surface area contributed by atoms with E-state index in [4.69, 9.17) is 10.1 Å². The molecule has 28 heavy (non-hydrogen) atoms. The van der Waals surface area contributed by atoms with Gasteiger partial charge in [0.05, 0.1) is 6.42 Å². The number of unbranched alkanes of at least 4 members (excludes halogenated alkanes) is 3. The maximum atomic E-state index is 13.5. The van der Waals surface area contributed by atoms with Crippen LogP contribution >= 0.6 is 0 Å². The summed E-state index contributed by atoms with van der Waals surface area (Å²) in [5, 5.41) is 12.5. The van der Waals surface area contributed by atoms with Gasteiger partial charge in [0.25, 0.3) is 0 Å². The van der Waals surface area contributed by atoms with E-state index in [1.807, 2.05) is 6.07 Å². The molecular formula is C23H29FN2O2. The van der Waals surface area contributed by atoms with Gasteiger partial charge >= 0.3 is 5.97 Å². The predicted octanol–water partition coefficient (Wildman–Crippen LogP) is 5.33. The third-order valence-electron chi connectivity index (χ3n) is 5.43. The van der Waals surface area contributed by atoms with Crippen molar-refractivity contribution < 1.29 is 14.3 Å². The van der Waals surface area contributed by atoms with Crippen LogP contribution in [0.15, 0.2) is 36.4 Å². The number of carboxylic acid groups (broad SMARTS) is 1. The molecule has 3 rings (SSSR count). The number of benzene rings is 1. The smallest absolute Gasteiger partial charge is 0.303 e. The van der Waals surface area contributed by atoms with Gasteiger partial charge in [-0.3, -0.25) is 4.79 Å². The van der Waals surface area contributed by atoms with E-state index < -0.39 is 5.97 Å². The lowest BCUT2D eigenvalue weighted by atomic mass is 9.90. The number of halogens is 1. The van der Waals surface area contributed by atoms with Gasteiger partial charge in [0.1, 0.15) is 11.6 Å². The molecule has 2 aromatic rings. The van der Waals surface area contributed by atoms with Crippen LogP contribution in [0.1, 0.15) is 67.7 Å². The molecule has 0 bridgehead atoms. The number of rotatable bonds is 10. The molecule has 1 aromatic heterocycles. The standard InChI is InChI=1S/C23H29FN2O2/c24-20-10-5-8-18(15-20)19(16-22(27)28)7-3-1-2-4-11-21-13-12-17-9-6-14-25-23(17)26-21/h5,8,10,12-13,15,19H,1-4,6-7,9,11,14,16H2,(H,25,26)(H,27,28)/t19-/m0/s1. The number of hydrogen-bond donors (Lipinski definition) is 2. The zero-order chi connectivity index (χ0) is 19.8. The minimum absolute atomic E-state index is 0.0511. The Balaban J connectivity index is 1.41. The van der Waals surface area contributed by atoms with E-state index in [2.05, 4.69) is 17.4 Å². The molecule has 0 unspecified atom stereocenters. The zero-order valence-corrected chi connectivity index (χ0v) is 16.3. The molecule has 1 aliphatic rings. The van der Waals surface area contributed by atoms with Gasteiger partial charge in [-0.15, -0.1) is 0 Å². The Bertz CT molecular complexity index is 794. The Morgan fingerprint density at radius 1 is 1.18 bits per heavy atom. The Kier molecular flexibility index (Phi) is 7.40. The first-order valence-corrected chi connectivity index (χ1v) is 10.3. The summed E-state index contributed by atoms with van der Waals surface area (Å²) >= 11 is 0. The fourth-order valence-electron chi connectivity index (χ4n) is 3.92. The van der Waals surface area contributed by atoms with E-state index in [0.29, 0.717) is 0 Å². The Morgan fingerprint density at radius 3 is 2.86 bits per heavy atom. The van der Waals surface area contributed by atoms with Gasteiger partial charge < -0.3 is 10.4 Å². The van der Waals surface area contributed by atoms with Crippen molar-refractivity contribution in [3.05, 3.63) is 59.0 Å². The van der Waals surface area contributed by atoms with Crippen LogP contribution in [0.5, 0.6) is 0 Å². The first kappa shape index (κ1) is 20.3. The summed E-state index contributed by atoms with van der Waals surface area (Å²) in [6, 6.07) is 10.7. The van der Waals surface area contributed by atoms with Gasteiger partial charge in [0.15, 0.2) is 0 Å². The van der Waals surface area contributed by atoms with Crippen LogP contribution in [0.4, 0.5) is 10.2 Å². The third kappa shape index (κ3) is 6.04. The number of fused-ring (bicyclic) bond motifs is 1. The van der Waals surface area contributed by atoms with Crippen LogP contribution in [0.2, 0.25) is 0 Å². The first-order chi connectivity index (χ1) is 13.6. The van der Waals surface area contributed by atoms with Crippen molar-refractivity contribution in [2.45, 2.75) is 63.7 Å². The van der Waals surface area contributed by atoms with Crippen LogP contribution in [0, 0.1) is 5.82 Å². The minimum Gasteiger partial charge on any atom is -0.481 e. The molecule has 0 saturated carbocycles. The summed E-state index contributed by atoms with van der Waals surface area (Å²) in [6.45, 7) is 1.01. The lowest BCUT2D eigenvalue weighted by Gasteiger charge is -2.17. The number of aromatic nitrogens is 1. The van der Waals surface area contributed by atoms with Crippen molar-refractivity contribution >= 4 is 11.8 Å². The molecule has 0 spiro atoms. The number of aliphatic carboxylic acids is 1. The SMILES string of the molecule is O=C(O)C[C@H](CCCCCCc1ccc2c(n1)NCCC2)c1cccc(F)c1. The molecule has 150 valence electrons. The van der Waals surface area contributed by atoms with Crippen LogP contribution < -0.4 is 5.32 Å². The fraction of sp³-hybridized carbons (Fsp3) is 0.478. The summed E-state index contributed by atoms with van der Waals surface area (Å²) < 4.78 is 13.5. The van der Waals surface area contributed by atoms with Crippen LogP contribution in [-0.2, 0) is 17.6 Å². The summed E-state index contributed by atoms with van der Waals surface area (Å²) in [5.41, 5.74) is 3.24. The molecule has 0 radical (unpaired) electrons. The summed E-state index contributed by atoms with van der Waals surface area (Å²) in [7, 11) is 0. The Labute approximate surface area is 166 Å². The Hall–Kier alpha value is -2.43. The van der Waals surface area contributed by atoms with Crippen molar-refractivity contribution in [3.63, 3.8) is 0 Å². The summed E-state index contributed by atoms with van der Waals surface area (Å²) in [4.78, 5) is 15.9. The fourth-order valence-corrected chi connectivity index (χ4v) is 3.92. The highest BCUT2D eigenvalue weighted by atomic mass is 19.1. The van der Waals surface area contributed by atoms with Crippen molar-refractivity contribution in [1.82, 2.24) is 4.98 Å². The number of pyridine rings is 1. The highest BCUT2D eigenvalue weighted by Gasteiger charge is 2.16. The number of aryl methyl sites for hydroxylation is 2. The van der Waals surface area contributed by atoms with Gasteiger partial charge in [-0.1, -0.05) is 37.5 Å². The minimum atomic E-state index is -0.832. The largest absolute Gasteiger partial charge is 0.481 e. The average Bonchev–Trinajstić information content (AvgIpc) is 2.69. The molecule has 0 fully saturated rings. The Morgan fingerprint density at radius 2 is 2.04 bits per heavy atom. The molecular weight excluding hydrogens is 355 g/mol. The van der Waals surface area contributed by atoms with Gasteiger partial charge in [-0.25, -0.2) is 9.37 Å². The van der Waals surface area contributed by atoms with E-state index in [9.17, 15) is 9.18 Å². The van der Waals surface area contributed by atoms with E-state index in [1.54, 1.807) is 6.07 Å². The molecule has 5 heteroatoms. The normalized spacial score (nSPS) is 14.2. The van der Waals surface area contributed by atoms with Crippen LogP contribution in [0.3, 0.4) is 0 Å². The maximum Gasteiger partial charge on any atom is 0.303 e. The van der Waals surface area contributed by atoms with Crippen LogP contribution in [-0.4, -0.2) is 22.6 Å². The van der Waals surface area contributed by atoms with Crippen molar-refractivity contribution in [1.29, 1.82) is 0 Å². The van der Waals surface area contributed by atoms with Crippen LogP contribution in [0.25, 0.3) is 0 Å². The first-order valence-electron chi connectivity index (χ1n) is 10.3.